The minimum Gasteiger partial charge on any atom is -0.494 e. The molecule has 180 valence electrons. The molecule has 36 heavy (non-hydrogen) atoms. The molecule has 0 aliphatic carbocycles. The van der Waals surface area contributed by atoms with E-state index in [-0.39, 0.29) is 5.91 Å². The Morgan fingerprint density at radius 1 is 1.03 bits per heavy atom. The molecule has 0 bridgehead atoms. The van der Waals surface area contributed by atoms with Crippen molar-refractivity contribution in [3.63, 3.8) is 0 Å². The maximum atomic E-state index is 13.3. The molecule has 5 rings (SSSR count). The number of carbonyl (C=O) groups is 1. The van der Waals surface area contributed by atoms with Crippen molar-refractivity contribution in [2.45, 2.75) is 13.8 Å². The van der Waals surface area contributed by atoms with E-state index in [1.807, 2.05) is 92.7 Å². The second-order valence-corrected chi connectivity index (χ2v) is 10.2. The summed E-state index contributed by atoms with van der Waals surface area (Å²) in [5, 5.41) is 3.77. The van der Waals surface area contributed by atoms with Crippen LogP contribution in [0, 0.1) is 6.92 Å². The molecule has 0 saturated heterocycles. The van der Waals surface area contributed by atoms with Crippen molar-refractivity contribution < 1.29 is 9.53 Å². The highest BCUT2D eigenvalue weighted by molar-refractivity contribution is 9.10. The van der Waals surface area contributed by atoms with Crippen LogP contribution in [0.2, 0.25) is 0 Å². The van der Waals surface area contributed by atoms with Gasteiger partial charge in [0.05, 0.1) is 23.7 Å². The Bertz CT molecular complexity index is 1560. The first kappa shape index (κ1) is 24.0. The molecule has 0 fully saturated rings. The third-order valence-corrected chi connectivity index (χ3v) is 7.58. The number of fused-ring (bicyclic) bond motifs is 1. The molecule has 3 aromatic carbocycles. The van der Waals surface area contributed by atoms with Gasteiger partial charge in [0.25, 0.3) is 5.91 Å². The van der Waals surface area contributed by atoms with Crippen LogP contribution < -0.4 is 15.8 Å². The van der Waals surface area contributed by atoms with Crippen molar-refractivity contribution >= 4 is 54.8 Å². The van der Waals surface area contributed by atoms with E-state index in [0.717, 1.165) is 43.6 Å². The summed E-state index contributed by atoms with van der Waals surface area (Å²) in [6.07, 6.45) is 0. The maximum absolute atomic E-state index is 13.3. The Morgan fingerprint density at radius 2 is 1.78 bits per heavy atom. The number of aryl methyl sites for hydroxylation is 1. The number of benzene rings is 3. The number of nitrogens with zero attached hydrogens (tertiary/aromatic N) is 1. The number of thiophene rings is 1. The molecule has 0 radical (unpaired) electrons. The molecule has 1 amide bonds. The van der Waals surface area contributed by atoms with Crippen LogP contribution in [0.1, 0.15) is 22.2 Å². The topological polar surface area (TPSA) is 77.2 Å². The van der Waals surface area contributed by atoms with Gasteiger partial charge < -0.3 is 15.8 Å². The Morgan fingerprint density at radius 3 is 2.47 bits per heavy atom. The average Bonchev–Trinajstić information content (AvgIpc) is 3.23. The van der Waals surface area contributed by atoms with Gasteiger partial charge in [0.15, 0.2) is 0 Å². The zero-order chi connectivity index (χ0) is 25.2. The molecule has 7 heteroatoms. The maximum Gasteiger partial charge on any atom is 0.267 e. The number of pyridine rings is 1. The number of halogens is 1. The predicted molar refractivity (Wildman–Crippen MR) is 153 cm³/mol. The van der Waals surface area contributed by atoms with Crippen molar-refractivity contribution in [3.8, 4) is 28.1 Å². The molecule has 2 heterocycles. The number of nitrogens with two attached hydrogens (primary N) is 1. The Hall–Kier alpha value is -3.68. The number of anilines is 2. The lowest BCUT2D eigenvalue weighted by Gasteiger charge is -2.10. The number of amides is 1. The zero-order valence-corrected chi connectivity index (χ0v) is 22.2. The summed E-state index contributed by atoms with van der Waals surface area (Å²) in [5.41, 5.74) is 12.5. The van der Waals surface area contributed by atoms with Crippen LogP contribution in [0.25, 0.3) is 32.6 Å². The van der Waals surface area contributed by atoms with Crippen LogP contribution in [0.15, 0.2) is 83.3 Å². The summed E-state index contributed by atoms with van der Waals surface area (Å²) in [7, 11) is 0. The first-order valence-corrected chi connectivity index (χ1v) is 13.1. The van der Waals surface area contributed by atoms with Crippen molar-refractivity contribution in [3.05, 3.63) is 93.8 Å². The SMILES string of the molecule is CCOc1ccc(-c2cc(-c3ccccc3)c3c(N)c(C(=O)Nc4ccc(C)cc4Br)sc3n2)cc1. The number of hydrogen-bond donors (Lipinski definition) is 2. The molecule has 5 aromatic rings. The summed E-state index contributed by atoms with van der Waals surface area (Å²) >= 11 is 4.83. The Balaban J connectivity index is 1.62. The second kappa shape index (κ2) is 10.1. The van der Waals surface area contributed by atoms with E-state index < -0.39 is 0 Å². The van der Waals surface area contributed by atoms with Crippen LogP contribution in [0.4, 0.5) is 11.4 Å². The standard InChI is InChI=1S/C29H24BrN3O2S/c1-3-35-20-12-10-19(11-13-20)24-16-21(18-7-5-4-6-8-18)25-26(31)27(36-29(25)33-24)28(34)32-23-14-9-17(2)15-22(23)30/h4-16H,3,31H2,1-2H3,(H,32,34). The summed E-state index contributed by atoms with van der Waals surface area (Å²) < 4.78 is 6.40. The van der Waals surface area contributed by atoms with Gasteiger partial charge in [-0.05, 0) is 88.9 Å². The summed E-state index contributed by atoms with van der Waals surface area (Å²) in [4.78, 5) is 19.4. The van der Waals surface area contributed by atoms with Gasteiger partial charge in [-0.25, -0.2) is 4.98 Å². The second-order valence-electron chi connectivity index (χ2n) is 8.34. The van der Waals surface area contributed by atoms with Gasteiger partial charge in [0.2, 0.25) is 0 Å². The van der Waals surface area contributed by atoms with Gasteiger partial charge in [-0.1, -0.05) is 36.4 Å². The predicted octanol–water partition coefficient (Wildman–Crippen LogP) is 7.93. The molecular weight excluding hydrogens is 534 g/mol. The van der Waals surface area contributed by atoms with Gasteiger partial charge in [-0.15, -0.1) is 11.3 Å². The van der Waals surface area contributed by atoms with E-state index in [1.54, 1.807) is 0 Å². The molecule has 5 nitrogen and oxygen atoms in total. The van der Waals surface area contributed by atoms with Crippen LogP contribution in [-0.4, -0.2) is 17.5 Å². The summed E-state index contributed by atoms with van der Waals surface area (Å²) in [5.74, 6) is 0.550. The molecular formula is C29H24BrN3O2S. The molecule has 3 N–H and O–H groups in total. The Kier molecular flexibility index (Phi) is 6.76. The highest BCUT2D eigenvalue weighted by atomic mass is 79.9. The van der Waals surface area contributed by atoms with Gasteiger partial charge in [0, 0.05) is 15.4 Å². The number of nitrogens with one attached hydrogen (secondary N) is 1. The van der Waals surface area contributed by atoms with Crippen molar-refractivity contribution in [2.24, 2.45) is 0 Å². The molecule has 0 spiro atoms. The number of nitrogen functional groups attached to an aromatic ring is 1. The lowest BCUT2D eigenvalue weighted by Crippen LogP contribution is -2.12. The fourth-order valence-corrected chi connectivity index (χ4v) is 5.68. The molecule has 0 unspecified atom stereocenters. The lowest BCUT2D eigenvalue weighted by molar-refractivity contribution is 0.103. The highest BCUT2D eigenvalue weighted by Crippen LogP contribution is 2.42. The minimum absolute atomic E-state index is 0.262. The number of hydrogen-bond acceptors (Lipinski definition) is 5. The molecule has 0 saturated carbocycles. The summed E-state index contributed by atoms with van der Waals surface area (Å²) in [6, 6.07) is 25.7. The van der Waals surface area contributed by atoms with E-state index in [9.17, 15) is 4.79 Å². The van der Waals surface area contributed by atoms with Crippen LogP contribution >= 0.6 is 27.3 Å². The van der Waals surface area contributed by atoms with Gasteiger partial charge in [-0.2, -0.15) is 0 Å². The van der Waals surface area contributed by atoms with E-state index >= 15 is 0 Å². The van der Waals surface area contributed by atoms with E-state index in [2.05, 4.69) is 21.2 Å². The fraction of sp³-hybridized carbons (Fsp3) is 0.103. The van der Waals surface area contributed by atoms with E-state index in [4.69, 9.17) is 15.5 Å². The normalized spacial score (nSPS) is 11.0. The zero-order valence-electron chi connectivity index (χ0n) is 19.8. The number of carbonyl (C=O) groups excluding carboxylic acids is 1. The largest absolute Gasteiger partial charge is 0.494 e. The minimum atomic E-state index is -0.262. The fourth-order valence-electron chi connectivity index (χ4n) is 4.07. The molecule has 0 atom stereocenters. The third kappa shape index (κ3) is 4.72. The van der Waals surface area contributed by atoms with Crippen LogP contribution in [-0.2, 0) is 0 Å². The highest BCUT2D eigenvalue weighted by Gasteiger charge is 2.22. The smallest absolute Gasteiger partial charge is 0.267 e. The van der Waals surface area contributed by atoms with E-state index in [1.165, 1.54) is 11.3 Å². The first-order chi connectivity index (χ1) is 17.4. The monoisotopic (exact) mass is 557 g/mol. The van der Waals surface area contributed by atoms with Crippen molar-refractivity contribution in [1.29, 1.82) is 0 Å². The van der Waals surface area contributed by atoms with Gasteiger partial charge in [0.1, 0.15) is 15.5 Å². The Labute approximate surface area is 222 Å². The lowest BCUT2D eigenvalue weighted by atomic mass is 9.99. The van der Waals surface area contributed by atoms with Gasteiger partial charge in [-0.3, -0.25) is 4.79 Å². The number of ether oxygens (including phenoxy) is 1. The average molecular weight is 559 g/mol. The number of aromatic nitrogens is 1. The van der Waals surface area contributed by atoms with E-state index in [0.29, 0.717) is 27.7 Å². The van der Waals surface area contributed by atoms with Crippen molar-refractivity contribution in [2.75, 3.05) is 17.7 Å². The molecule has 0 aliphatic heterocycles. The molecule has 0 aliphatic rings. The third-order valence-electron chi connectivity index (χ3n) is 5.82. The quantitative estimate of drug-likeness (QED) is 0.222. The van der Waals surface area contributed by atoms with Crippen LogP contribution in [0.3, 0.4) is 0 Å². The summed E-state index contributed by atoms with van der Waals surface area (Å²) in [6.45, 7) is 4.57. The molecule has 2 aromatic heterocycles. The van der Waals surface area contributed by atoms with Crippen LogP contribution in [0.5, 0.6) is 5.75 Å². The van der Waals surface area contributed by atoms with Gasteiger partial charge >= 0.3 is 0 Å². The number of rotatable bonds is 6. The first-order valence-electron chi connectivity index (χ1n) is 11.5. The van der Waals surface area contributed by atoms with Crippen molar-refractivity contribution in [1.82, 2.24) is 4.98 Å².